The number of benzene rings is 4. The van der Waals surface area contributed by atoms with Crippen LogP contribution in [0.4, 0.5) is 48.3 Å². The minimum atomic E-state index is -5.99. The molecule has 0 amide bonds. The second kappa shape index (κ2) is 16.4. The van der Waals surface area contributed by atoms with E-state index in [0.717, 1.165) is 49.5 Å². The molecule has 2 aliphatic heterocycles. The van der Waals surface area contributed by atoms with Crippen molar-refractivity contribution in [3.8, 4) is 23.0 Å². The molecule has 2 aliphatic rings. The van der Waals surface area contributed by atoms with Crippen molar-refractivity contribution >= 4 is 0 Å². The molecule has 4 aromatic rings. The molecule has 0 radical (unpaired) electrons. The molecule has 0 aromatic heterocycles. The second-order valence-corrected chi connectivity index (χ2v) is 14.1. The molecule has 0 aliphatic carbocycles. The number of hydrogen-bond acceptors (Lipinski definition) is 6. The molecular weight excluding hydrogens is 777 g/mol. The van der Waals surface area contributed by atoms with E-state index < -0.39 is 63.6 Å². The SMILES string of the molecule is CC(F)(F)c1cc(CN2CCNCC2)ccc1Oc1ccc(C(c2ccc(Oc3ccc(CN4CCNCC4)cc3C(F)(F)F)cc2)(C(F)(F)F)C(F)(F)F)cc1. The van der Waals surface area contributed by atoms with Crippen molar-refractivity contribution in [3.05, 3.63) is 118 Å². The molecule has 308 valence electrons. The Morgan fingerprint density at radius 3 is 1.23 bits per heavy atom. The van der Waals surface area contributed by atoms with E-state index in [2.05, 4.69) is 15.5 Å². The van der Waals surface area contributed by atoms with Crippen LogP contribution in [0.2, 0.25) is 0 Å². The lowest BCUT2D eigenvalue weighted by Gasteiger charge is -2.38. The van der Waals surface area contributed by atoms with E-state index in [1.165, 1.54) is 18.2 Å². The Balaban J connectivity index is 1.27. The number of nitrogens with zero attached hydrogens (tertiary/aromatic N) is 2. The Bertz CT molecular complexity index is 1820. The molecule has 0 bridgehead atoms. The van der Waals surface area contributed by atoms with Gasteiger partial charge in [-0.2, -0.15) is 39.5 Å². The van der Waals surface area contributed by atoms with E-state index in [1.54, 1.807) is 6.07 Å². The average Bonchev–Trinajstić information content (AvgIpc) is 3.13. The Kier molecular flexibility index (Phi) is 12.2. The van der Waals surface area contributed by atoms with Crippen LogP contribution in [0.5, 0.6) is 23.0 Å². The Morgan fingerprint density at radius 2 is 0.877 bits per heavy atom. The van der Waals surface area contributed by atoms with Gasteiger partial charge in [0.1, 0.15) is 23.0 Å². The highest BCUT2D eigenvalue weighted by atomic mass is 19.4. The summed E-state index contributed by atoms with van der Waals surface area (Å²) in [5.41, 5.74) is -7.96. The summed E-state index contributed by atoms with van der Waals surface area (Å²) in [6, 6.07) is 12.6. The summed E-state index contributed by atoms with van der Waals surface area (Å²) in [6.07, 6.45) is -16.9. The zero-order chi connectivity index (χ0) is 41.2. The molecule has 0 saturated carbocycles. The van der Waals surface area contributed by atoms with Crippen molar-refractivity contribution in [2.24, 2.45) is 0 Å². The van der Waals surface area contributed by atoms with Gasteiger partial charge < -0.3 is 20.1 Å². The minimum Gasteiger partial charge on any atom is -0.457 e. The van der Waals surface area contributed by atoms with Crippen LogP contribution in [0.25, 0.3) is 0 Å². The third-order valence-electron chi connectivity index (χ3n) is 9.98. The van der Waals surface area contributed by atoms with Crippen LogP contribution in [-0.2, 0) is 30.6 Å². The van der Waals surface area contributed by atoms with Crippen molar-refractivity contribution in [2.75, 3.05) is 52.4 Å². The van der Waals surface area contributed by atoms with Crippen molar-refractivity contribution in [2.45, 2.75) is 49.9 Å². The number of nitrogens with one attached hydrogen (secondary N) is 2. The highest BCUT2D eigenvalue weighted by Gasteiger charge is 2.72. The first-order valence-corrected chi connectivity index (χ1v) is 18.0. The summed E-state index contributed by atoms with van der Waals surface area (Å²) < 4.78 is 172. The first-order chi connectivity index (χ1) is 26.8. The molecule has 0 spiro atoms. The molecule has 6 nitrogen and oxygen atoms in total. The summed E-state index contributed by atoms with van der Waals surface area (Å²) in [5.74, 6) is -5.18. The maximum atomic E-state index is 14.9. The fourth-order valence-electron chi connectivity index (χ4n) is 7.13. The van der Waals surface area contributed by atoms with Gasteiger partial charge in [-0.3, -0.25) is 9.80 Å². The van der Waals surface area contributed by atoms with E-state index in [9.17, 15) is 48.3 Å². The van der Waals surface area contributed by atoms with Crippen LogP contribution in [-0.4, -0.2) is 74.5 Å². The van der Waals surface area contributed by atoms with Crippen LogP contribution in [0.15, 0.2) is 84.9 Å². The average molecular weight is 817 g/mol. The lowest BCUT2D eigenvalue weighted by atomic mass is 9.73. The maximum absolute atomic E-state index is 14.9. The van der Waals surface area contributed by atoms with E-state index >= 15 is 0 Å². The van der Waals surface area contributed by atoms with Gasteiger partial charge in [0.25, 0.3) is 5.92 Å². The van der Waals surface area contributed by atoms with Gasteiger partial charge in [0.2, 0.25) is 5.41 Å². The Hall–Kier alpha value is -4.45. The fourth-order valence-corrected chi connectivity index (χ4v) is 7.13. The number of alkyl halides is 11. The topological polar surface area (TPSA) is 49.0 Å². The third kappa shape index (κ3) is 9.48. The number of ether oxygens (including phenoxy) is 2. The summed E-state index contributed by atoms with van der Waals surface area (Å²) in [4.78, 5) is 4.02. The Morgan fingerprint density at radius 1 is 0.509 bits per heavy atom. The molecular formula is C40H39F11N4O2. The lowest BCUT2D eigenvalue weighted by molar-refractivity contribution is -0.288. The molecule has 57 heavy (non-hydrogen) atoms. The number of rotatable bonds is 11. The van der Waals surface area contributed by atoms with E-state index in [0.29, 0.717) is 88.1 Å². The van der Waals surface area contributed by atoms with Crippen LogP contribution in [0.3, 0.4) is 0 Å². The van der Waals surface area contributed by atoms with Crippen molar-refractivity contribution in [1.82, 2.24) is 20.4 Å². The molecule has 6 rings (SSSR count). The fraction of sp³-hybridized carbons (Fsp3) is 0.400. The lowest BCUT2D eigenvalue weighted by Crippen LogP contribution is -2.54. The van der Waals surface area contributed by atoms with Crippen LogP contribution < -0.4 is 20.1 Å². The van der Waals surface area contributed by atoms with E-state index in [1.807, 2.05) is 4.90 Å². The predicted molar refractivity (Wildman–Crippen MR) is 190 cm³/mol. The van der Waals surface area contributed by atoms with Gasteiger partial charge in [0.15, 0.2) is 0 Å². The van der Waals surface area contributed by atoms with Crippen LogP contribution in [0, 0.1) is 0 Å². The quantitative estimate of drug-likeness (QED) is 0.147. The number of halogens is 11. The third-order valence-corrected chi connectivity index (χ3v) is 9.98. The van der Waals surface area contributed by atoms with Crippen molar-refractivity contribution in [1.29, 1.82) is 0 Å². The van der Waals surface area contributed by atoms with Crippen molar-refractivity contribution < 1.29 is 57.8 Å². The minimum absolute atomic E-state index is 0.226. The predicted octanol–water partition coefficient (Wildman–Crippen LogP) is 9.62. The largest absolute Gasteiger partial charge is 0.457 e. The standard InChI is InChI=1S/C40H39F11N4O2/c1-36(41,42)32-22-26(24-54-18-14-52-15-19-54)2-12-34(32)56-30-8-4-28(5-9-30)37(39(46,47)48,40(49,50)51)29-6-10-31(11-7-29)57-35-13-3-27(23-33(35)38(43,44)45)25-55-20-16-53-17-21-55/h2-13,22-23,52-53H,14-21,24-25H2,1H3. The number of hydrogen-bond donors (Lipinski definition) is 2. The van der Waals surface area contributed by atoms with Gasteiger partial charge >= 0.3 is 18.5 Å². The number of piperazine rings is 2. The van der Waals surface area contributed by atoms with Crippen LogP contribution >= 0.6 is 0 Å². The molecule has 2 fully saturated rings. The van der Waals surface area contributed by atoms with E-state index in [4.69, 9.17) is 9.47 Å². The molecule has 0 atom stereocenters. The molecule has 0 unspecified atom stereocenters. The second-order valence-electron chi connectivity index (χ2n) is 14.1. The van der Waals surface area contributed by atoms with Gasteiger partial charge in [-0.15, -0.1) is 0 Å². The normalized spacial score (nSPS) is 16.8. The van der Waals surface area contributed by atoms with Crippen LogP contribution in [0.1, 0.15) is 40.3 Å². The Labute approximate surface area is 321 Å². The maximum Gasteiger partial charge on any atom is 0.419 e. The summed E-state index contributed by atoms with van der Waals surface area (Å²) in [6.45, 7) is 6.69. The molecule has 17 heteroatoms. The smallest absolute Gasteiger partial charge is 0.419 e. The first-order valence-electron chi connectivity index (χ1n) is 18.0. The highest BCUT2D eigenvalue weighted by molar-refractivity contribution is 5.50. The van der Waals surface area contributed by atoms with Crippen molar-refractivity contribution in [3.63, 3.8) is 0 Å². The summed E-state index contributed by atoms with van der Waals surface area (Å²) in [5, 5.41) is 6.34. The van der Waals surface area contributed by atoms with Gasteiger partial charge in [0.05, 0.1) is 11.1 Å². The summed E-state index contributed by atoms with van der Waals surface area (Å²) >= 11 is 0. The first kappa shape index (κ1) is 42.2. The monoisotopic (exact) mass is 816 g/mol. The van der Waals surface area contributed by atoms with Gasteiger partial charge in [-0.1, -0.05) is 36.4 Å². The van der Waals surface area contributed by atoms with Gasteiger partial charge in [-0.25, -0.2) is 8.78 Å². The molecule has 4 aromatic carbocycles. The zero-order valence-electron chi connectivity index (χ0n) is 30.5. The summed E-state index contributed by atoms with van der Waals surface area (Å²) in [7, 11) is 0. The molecule has 2 N–H and O–H groups in total. The van der Waals surface area contributed by atoms with Gasteiger partial charge in [0, 0.05) is 72.4 Å². The molecule has 2 saturated heterocycles. The highest BCUT2D eigenvalue weighted by Crippen LogP contribution is 2.56. The zero-order valence-corrected chi connectivity index (χ0v) is 30.5. The van der Waals surface area contributed by atoms with Gasteiger partial charge in [-0.05, 0) is 70.8 Å². The van der Waals surface area contributed by atoms with E-state index in [-0.39, 0.29) is 18.0 Å². The molecule has 2 heterocycles.